The molecule has 1 saturated heterocycles. The minimum Gasteiger partial charge on any atom is -0.491 e. The van der Waals surface area contributed by atoms with Crippen molar-refractivity contribution in [2.75, 3.05) is 39.5 Å². The Morgan fingerprint density at radius 3 is 2.90 bits per heavy atom. The van der Waals surface area contributed by atoms with Crippen LogP contribution in [0.5, 0.6) is 5.75 Å². The summed E-state index contributed by atoms with van der Waals surface area (Å²) in [7, 11) is 0. The van der Waals surface area contributed by atoms with E-state index in [1.54, 1.807) is 24.3 Å². The van der Waals surface area contributed by atoms with Gasteiger partial charge in [-0.25, -0.2) is 0 Å². The van der Waals surface area contributed by atoms with Crippen LogP contribution in [-0.4, -0.2) is 61.3 Å². The lowest BCUT2D eigenvalue weighted by Crippen LogP contribution is -2.42. The highest BCUT2D eigenvalue weighted by atomic mass is 16.5. The van der Waals surface area contributed by atoms with Gasteiger partial charge in [-0.2, -0.15) is 0 Å². The SMILES string of the molecule is CC(=O)c1cccc(OC[C@@H](O)CN2CCOCC2)c1. The Bertz CT molecular complexity index is 443. The smallest absolute Gasteiger partial charge is 0.159 e. The summed E-state index contributed by atoms with van der Waals surface area (Å²) in [5.74, 6) is 0.614. The van der Waals surface area contributed by atoms with Crippen molar-refractivity contribution in [1.82, 2.24) is 4.90 Å². The summed E-state index contributed by atoms with van der Waals surface area (Å²) in [6.07, 6.45) is -0.547. The molecular formula is C15H21NO4. The zero-order chi connectivity index (χ0) is 14.4. The van der Waals surface area contributed by atoms with Gasteiger partial charge in [-0.05, 0) is 19.1 Å². The van der Waals surface area contributed by atoms with Gasteiger partial charge < -0.3 is 14.6 Å². The van der Waals surface area contributed by atoms with E-state index in [4.69, 9.17) is 9.47 Å². The van der Waals surface area contributed by atoms with Crippen molar-refractivity contribution >= 4 is 5.78 Å². The average Bonchev–Trinajstić information content (AvgIpc) is 2.46. The number of carbonyl (C=O) groups excluding carboxylic acids is 1. The minimum absolute atomic E-state index is 0.00400. The molecule has 0 bridgehead atoms. The van der Waals surface area contributed by atoms with E-state index in [0.717, 1.165) is 13.1 Å². The van der Waals surface area contributed by atoms with Gasteiger partial charge in [-0.3, -0.25) is 9.69 Å². The standard InChI is InChI=1S/C15H21NO4/c1-12(17)13-3-2-4-15(9-13)20-11-14(18)10-16-5-7-19-8-6-16/h2-4,9,14,18H,5-8,10-11H2,1H3/t14-/m0/s1. The predicted octanol–water partition coefficient (Wildman–Crippen LogP) is 0.961. The quantitative estimate of drug-likeness (QED) is 0.786. The van der Waals surface area contributed by atoms with E-state index in [1.165, 1.54) is 6.92 Å². The molecule has 0 amide bonds. The Balaban J connectivity index is 1.78. The molecular weight excluding hydrogens is 258 g/mol. The Morgan fingerprint density at radius 1 is 1.45 bits per heavy atom. The monoisotopic (exact) mass is 279 g/mol. The second-order valence-electron chi connectivity index (χ2n) is 4.96. The zero-order valence-corrected chi connectivity index (χ0v) is 11.7. The van der Waals surface area contributed by atoms with Crippen molar-refractivity contribution in [3.63, 3.8) is 0 Å². The number of Topliss-reactive ketones (excluding diaryl/α,β-unsaturated/α-hetero) is 1. The third-order valence-corrected chi connectivity index (χ3v) is 3.26. The summed E-state index contributed by atoms with van der Waals surface area (Å²) in [6, 6.07) is 7.01. The van der Waals surface area contributed by atoms with Crippen LogP contribution >= 0.6 is 0 Å². The first-order chi connectivity index (χ1) is 9.65. The molecule has 0 unspecified atom stereocenters. The van der Waals surface area contributed by atoms with Crippen molar-refractivity contribution in [1.29, 1.82) is 0 Å². The van der Waals surface area contributed by atoms with Crippen LogP contribution in [0.15, 0.2) is 24.3 Å². The summed E-state index contributed by atoms with van der Waals surface area (Å²) in [4.78, 5) is 13.4. The van der Waals surface area contributed by atoms with Crippen molar-refractivity contribution in [3.8, 4) is 5.75 Å². The summed E-state index contributed by atoms with van der Waals surface area (Å²) in [5.41, 5.74) is 0.616. The maximum atomic E-state index is 11.3. The molecule has 110 valence electrons. The molecule has 2 rings (SSSR count). The molecule has 1 aromatic carbocycles. The molecule has 1 fully saturated rings. The fourth-order valence-corrected chi connectivity index (χ4v) is 2.13. The maximum absolute atomic E-state index is 11.3. The topological polar surface area (TPSA) is 59.0 Å². The zero-order valence-electron chi connectivity index (χ0n) is 11.7. The van der Waals surface area contributed by atoms with Gasteiger partial charge in [0.2, 0.25) is 0 Å². The first-order valence-electron chi connectivity index (χ1n) is 6.87. The normalized spacial score (nSPS) is 17.7. The Kier molecular flexibility index (Phi) is 5.52. The number of hydrogen-bond donors (Lipinski definition) is 1. The van der Waals surface area contributed by atoms with E-state index in [0.29, 0.717) is 31.1 Å². The second-order valence-corrected chi connectivity index (χ2v) is 4.96. The lowest BCUT2D eigenvalue weighted by atomic mass is 10.1. The highest BCUT2D eigenvalue weighted by molar-refractivity contribution is 5.94. The van der Waals surface area contributed by atoms with Gasteiger partial charge in [-0.15, -0.1) is 0 Å². The molecule has 0 saturated carbocycles. The summed E-state index contributed by atoms with van der Waals surface area (Å²) >= 11 is 0. The van der Waals surface area contributed by atoms with E-state index in [1.807, 2.05) is 0 Å². The number of ether oxygens (including phenoxy) is 2. The number of carbonyl (C=O) groups is 1. The maximum Gasteiger partial charge on any atom is 0.159 e. The molecule has 5 heteroatoms. The fourth-order valence-electron chi connectivity index (χ4n) is 2.13. The predicted molar refractivity (Wildman–Crippen MR) is 75.2 cm³/mol. The van der Waals surface area contributed by atoms with Crippen molar-refractivity contribution in [3.05, 3.63) is 29.8 Å². The number of morpholine rings is 1. The van der Waals surface area contributed by atoms with E-state index in [-0.39, 0.29) is 12.4 Å². The van der Waals surface area contributed by atoms with Crippen LogP contribution < -0.4 is 4.74 Å². The lowest BCUT2D eigenvalue weighted by Gasteiger charge is -2.28. The molecule has 0 aliphatic carbocycles. The van der Waals surface area contributed by atoms with Crippen LogP contribution in [0, 0.1) is 0 Å². The second kappa shape index (κ2) is 7.38. The van der Waals surface area contributed by atoms with Gasteiger partial charge in [0.1, 0.15) is 18.5 Å². The molecule has 1 atom stereocenters. The van der Waals surface area contributed by atoms with Crippen molar-refractivity contribution in [2.45, 2.75) is 13.0 Å². The molecule has 1 aromatic rings. The van der Waals surface area contributed by atoms with Crippen LogP contribution in [-0.2, 0) is 4.74 Å². The van der Waals surface area contributed by atoms with Crippen LogP contribution in [0.3, 0.4) is 0 Å². The first-order valence-corrected chi connectivity index (χ1v) is 6.87. The van der Waals surface area contributed by atoms with E-state index >= 15 is 0 Å². The number of ketones is 1. The number of rotatable bonds is 6. The van der Waals surface area contributed by atoms with Crippen molar-refractivity contribution < 1.29 is 19.4 Å². The molecule has 0 spiro atoms. The van der Waals surface area contributed by atoms with E-state index in [2.05, 4.69) is 4.90 Å². The molecule has 0 radical (unpaired) electrons. The molecule has 20 heavy (non-hydrogen) atoms. The molecule has 1 heterocycles. The Labute approximate surface area is 119 Å². The third-order valence-electron chi connectivity index (χ3n) is 3.26. The average molecular weight is 279 g/mol. The number of benzene rings is 1. The lowest BCUT2D eigenvalue weighted by molar-refractivity contribution is 0.00465. The van der Waals surface area contributed by atoms with Gasteiger partial charge in [0, 0.05) is 25.2 Å². The first kappa shape index (κ1) is 15.0. The molecule has 1 N–H and O–H groups in total. The number of hydrogen-bond acceptors (Lipinski definition) is 5. The van der Waals surface area contributed by atoms with Crippen LogP contribution in [0.2, 0.25) is 0 Å². The minimum atomic E-state index is -0.547. The van der Waals surface area contributed by atoms with Crippen LogP contribution in [0.25, 0.3) is 0 Å². The number of nitrogens with zero attached hydrogens (tertiary/aromatic N) is 1. The third kappa shape index (κ3) is 4.59. The van der Waals surface area contributed by atoms with Gasteiger partial charge in [-0.1, -0.05) is 12.1 Å². The molecule has 0 aromatic heterocycles. The highest BCUT2D eigenvalue weighted by Crippen LogP contribution is 2.14. The number of β-amino-alcohol motifs (C(OH)–C–C–N with tert-alkyl or cyclic N) is 1. The van der Waals surface area contributed by atoms with Gasteiger partial charge in [0.05, 0.1) is 13.2 Å². The Hall–Kier alpha value is -1.43. The van der Waals surface area contributed by atoms with E-state index < -0.39 is 6.10 Å². The van der Waals surface area contributed by atoms with Gasteiger partial charge in [0.25, 0.3) is 0 Å². The number of aliphatic hydroxyl groups is 1. The molecule has 1 aliphatic rings. The number of aliphatic hydroxyl groups excluding tert-OH is 1. The van der Waals surface area contributed by atoms with Crippen molar-refractivity contribution in [2.24, 2.45) is 0 Å². The van der Waals surface area contributed by atoms with Gasteiger partial charge in [0.15, 0.2) is 5.78 Å². The summed E-state index contributed by atoms with van der Waals surface area (Å²) in [5, 5.41) is 9.97. The summed E-state index contributed by atoms with van der Waals surface area (Å²) in [6.45, 7) is 5.44. The van der Waals surface area contributed by atoms with Crippen LogP contribution in [0.1, 0.15) is 17.3 Å². The molecule has 5 nitrogen and oxygen atoms in total. The van der Waals surface area contributed by atoms with Gasteiger partial charge >= 0.3 is 0 Å². The van der Waals surface area contributed by atoms with Crippen LogP contribution in [0.4, 0.5) is 0 Å². The summed E-state index contributed by atoms with van der Waals surface area (Å²) < 4.78 is 10.8. The highest BCUT2D eigenvalue weighted by Gasteiger charge is 2.15. The molecule has 1 aliphatic heterocycles. The largest absolute Gasteiger partial charge is 0.491 e. The Morgan fingerprint density at radius 2 is 2.20 bits per heavy atom. The van der Waals surface area contributed by atoms with E-state index in [9.17, 15) is 9.90 Å². The fraction of sp³-hybridized carbons (Fsp3) is 0.533.